The van der Waals surface area contributed by atoms with Gasteiger partial charge in [0.05, 0.1) is 6.61 Å². The maximum atomic E-state index is 13.3. The van der Waals surface area contributed by atoms with Crippen molar-refractivity contribution in [2.45, 2.75) is 32.3 Å². The molecule has 1 fully saturated rings. The molecule has 1 atom stereocenters. The number of H-pyrrole nitrogens is 1. The summed E-state index contributed by atoms with van der Waals surface area (Å²) >= 11 is 0. The van der Waals surface area contributed by atoms with Crippen LogP contribution >= 0.6 is 0 Å². The van der Waals surface area contributed by atoms with Gasteiger partial charge in [-0.25, -0.2) is 0 Å². The molecule has 33 heavy (non-hydrogen) atoms. The van der Waals surface area contributed by atoms with Crippen molar-refractivity contribution in [3.05, 3.63) is 89.4 Å². The highest BCUT2D eigenvalue weighted by atomic mass is 16.5. The quantitative estimate of drug-likeness (QED) is 0.434. The van der Waals surface area contributed by atoms with Crippen molar-refractivity contribution in [3.63, 3.8) is 0 Å². The standard InChI is InChI=1S/C28H29N3O2/c1-19-5-10-25-24(16-19)26(21-11-13-29-14-12-21)27(30-25)23-4-3-15-31(17-23)28(32)22-8-6-20(7-9-22)18-33-2/h5-14,16,23,30H,3-4,15,17-18H2,1-2H3. The Morgan fingerprint density at radius 1 is 1.12 bits per heavy atom. The van der Waals surface area contributed by atoms with Crippen LogP contribution in [0.1, 0.15) is 45.9 Å². The maximum absolute atomic E-state index is 13.3. The molecule has 2 aromatic heterocycles. The topological polar surface area (TPSA) is 58.2 Å². The summed E-state index contributed by atoms with van der Waals surface area (Å²) in [4.78, 5) is 23.2. The molecule has 2 aromatic carbocycles. The molecule has 3 heterocycles. The van der Waals surface area contributed by atoms with Crippen LogP contribution in [0, 0.1) is 6.92 Å². The molecule has 0 saturated carbocycles. The van der Waals surface area contributed by atoms with Gasteiger partial charge in [0.25, 0.3) is 5.91 Å². The van der Waals surface area contributed by atoms with Crippen LogP contribution in [0.2, 0.25) is 0 Å². The molecular formula is C28H29N3O2. The van der Waals surface area contributed by atoms with Gasteiger partial charge >= 0.3 is 0 Å². The number of likely N-dealkylation sites (tertiary alicyclic amines) is 1. The highest BCUT2D eigenvalue weighted by Gasteiger charge is 2.29. The van der Waals surface area contributed by atoms with Crippen molar-refractivity contribution >= 4 is 16.8 Å². The number of nitrogens with zero attached hydrogens (tertiary/aromatic N) is 2. The number of amides is 1. The molecule has 1 saturated heterocycles. The molecule has 1 aliphatic heterocycles. The Kier molecular flexibility index (Phi) is 5.97. The minimum Gasteiger partial charge on any atom is -0.380 e. The van der Waals surface area contributed by atoms with E-state index in [-0.39, 0.29) is 11.8 Å². The number of aryl methyl sites for hydroxylation is 1. The normalized spacial score (nSPS) is 16.3. The van der Waals surface area contributed by atoms with E-state index in [9.17, 15) is 4.79 Å². The molecule has 0 radical (unpaired) electrons. The fourth-order valence-corrected chi connectivity index (χ4v) is 4.95. The van der Waals surface area contributed by atoms with Gasteiger partial charge in [-0.05, 0) is 67.3 Å². The minimum absolute atomic E-state index is 0.0982. The summed E-state index contributed by atoms with van der Waals surface area (Å²) < 4.78 is 5.18. The zero-order valence-electron chi connectivity index (χ0n) is 19.2. The summed E-state index contributed by atoms with van der Waals surface area (Å²) in [5, 5.41) is 1.23. The number of benzene rings is 2. The number of pyridine rings is 1. The van der Waals surface area contributed by atoms with E-state index in [2.05, 4.69) is 47.2 Å². The Bertz CT molecular complexity index is 1260. The first-order valence-corrected chi connectivity index (χ1v) is 11.5. The molecule has 4 aromatic rings. The second-order valence-corrected chi connectivity index (χ2v) is 8.92. The van der Waals surface area contributed by atoms with Crippen LogP contribution < -0.4 is 0 Å². The lowest BCUT2D eigenvalue weighted by molar-refractivity contribution is 0.0706. The predicted molar refractivity (Wildman–Crippen MR) is 131 cm³/mol. The first kappa shape index (κ1) is 21.4. The molecule has 5 rings (SSSR count). The Morgan fingerprint density at radius 2 is 1.91 bits per heavy atom. The number of hydrogen-bond acceptors (Lipinski definition) is 3. The molecule has 0 spiro atoms. The Labute approximate surface area is 194 Å². The van der Waals surface area contributed by atoms with Gasteiger partial charge in [0.2, 0.25) is 0 Å². The number of carbonyl (C=O) groups excluding carboxylic acids is 1. The second kappa shape index (κ2) is 9.20. The number of aromatic nitrogens is 2. The molecular weight excluding hydrogens is 410 g/mol. The molecule has 5 nitrogen and oxygen atoms in total. The summed E-state index contributed by atoms with van der Waals surface area (Å²) in [6.07, 6.45) is 5.73. The van der Waals surface area contributed by atoms with Gasteiger partial charge in [0, 0.05) is 66.2 Å². The van der Waals surface area contributed by atoms with Gasteiger partial charge in [0.1, 0.15) is 0 Å². The zero-order valence-corrected chi connectivity index (χ0v) is 19.2. The molecule has 5 heteroatoms. The molecule has 1 N–H and O–H groups in total. The number of aromatic amines is 1. The molecule has 0 aliphatic carbocycles. The van der Waals surface area contributed by atoms with Crippen LogP contribution in [0.25, 0.3) is 22.0 Å². The molecule has 1 aliphatic rings. The Hall–Kier alpha value is -3.44. The third-order valence-corrected chi connectivity index (χ3v) is 6.58. The summed E-state index contributed by atoms with van der Waals surface area (Å²) in [5.41, 5.74) is 7.79. The first-order chi connectivity index (χ1) is 16.1. The lowest BCUT2D eigenvalue weighted by Gasteiger charge is -2.33. The fraction of sp³-hybridized carbons (Fsp3) is 0.286. The van der Waals surface area contributed by atoms with Crippen molar-refractivity contribution in [1.82, 2.24) is 14.9 Å². The van der Waals surface area contributed by atoms with E-state index in [0.29, 0.717) is 13.2 Å². The van der Waals surface area contributed by atoms with Crippen molar-refractivity contribution in [1.29, 1.82) is 0 Å². The number of nitrogens with one attached hydrogen (secondary N) is 1. The Morgan fingerprint density at radius 3 is 2.67 bits per heavy atom. The van der Waals surface area contributed by atoms with Crippen LogP contribution in [0.5, 0.6) is 0 Å². The summed E-state index contributed by atoms with van der Waals surface area (Å²) in [7, 11) is 1.68. The number of carbonyl (C=O) groups is 1. The van der Waals surface area contributed by atoms with Crippen molar-refractivity contribution < 1.29 is 9.53 Å². The van der Waals surface area contributed by atoms with Gasteiger partial charge < -0.3 is 14.6 Å². The van der Waals surface area contributed by atoms with Crippen molar-refractivity contribution in [2.24, 2.45) is 0 Å². The first-order valence-electron chi connectivity index (χ1n) is 11.5. The molecule has 0 bridgehead atoms. The van der Waals surface area contributed by atoms with Gasteiger partial charge in [0.15, 0.2) is 0 Å². The Balaban J connectivity index is 1.47. The summed E-state index contributed by atoms with van der Waals surface area (Å²) in [6, 6.07) is 18.5. The number of hydrogen-bond donors (Lipinski definition) is 1. The number of methoxy groups -OCH3 is 1. The minimum atomic E-state index is 0.0982. The average molecular weight is 440 g/mol. The van der Waals surface area contributed by atoms with Gasteiger partial charge in [-0.15, -0.1) is 0 Å². The largest absolute Gasteiger partial charge is 0.380 e. The monoisotopic (exact) mass is 439 g/mol. The van der Waals surface area contributed by atoms with Crippen LogP contribution in [0.15, 0.2) is 67.0 Å². The highest BCUT2D eigenvalue weighted by Crippen LogP contribution is 2.39. The summed E-state index contributed by atoms with van der Waals surface area (Å²) in [5.74, 6) is 0.354. The van der Waals surface area contributed by atoms with Gasteiger partial charge in [-0.3, -0.25) is 9.78 Å². The number of piperidine rings is 1. The van der Waals surface area contributed by atoms with E-state index in [1.807, 2.05) is 41.6 Å². The molecule has 168 valence electrons. The van der Waals surface area contributed by atoms with Crippen LogP contribution in [-0.2, 0) is 11.3 Å². The van der Waals surface area contributed by atoms with E-state index in [1.54, 1.807) is 7.11 Å². The van der Waals surface area contributed by atoms with Gasteiger partial charge in [-0.1, -0.05) is 23.8 Å². The second-order valence-electron chi connectivity index (χ2n) is 8.92. The van der Waals surface area contributed by atoms with E-state index in [1.165, 1.54) is 22.2 Å². The predicted octanol–water partition coefficient (Wildman–Crippen LogP) is 5.70. The number of fused-ring (bicyclic) bond motifs is 1. The van der Waals surface area contributed by atoms with E-state index in [4.69, 9.17) is 4.74 Å². The SMILES string of the molecule is COCc1ccc(C(=O)N2CCCC(c3[nH]c4ccc(C)cc4c3-c3ccncc3)C2)cc1. The van der Waals surface area contributed by atoms with Crippen molar-refractivity contribution in [2.75, 3.05) is 20.2 Å². The average Bonchev–Trinajstić information content (AvgIpc) is 3.23. The van der Waals surface area contributed by atoms with Crippen LogP contribution in [-0.4, -0.2) is 41.0 Å². The molecule has 1 amide bonds. The van der Waals surface area contributed by atoms with Crippen LogP contribution in [0.4, 0.5) is 0 Å². The lowest BCUT2D eigenvalue weighted by atomic mass is 9.89. The van der Waals surface area contributed by atoms with E-state index < -0.39 is 0 Å². The number of rotatable bonds is 5. The van der Waals surface area contributed by atoms with E-state index in [0.717, 1.165) is 41.6 Å². The number of ether oxygens (including phenoxy) is 1. The fourth-order valence-electron chi connectivity index (χ4n) is 4.95. The maximum Gasteiger partial charge on any atom is 0.253 e. The summed E-state index contributed by atoms with van der Waals surface area (Å²) in [6.45, 7) is 4.18. The van der Waals surface area contributed by atoms with Crippen molar-refractivity contribution in [3.8, 4) is 11.1 Å². The zero-order chi connectivity index (χ0) is 22.8. The highest BCUT2D eigenvalue weighted by molar-refractivity contribution is 5.98. The van der Waals surface area contributed by atoms with Crippen LogP contribution in [0.3, 0.4) is 0 Å². The van der Waals surface area contributed by atoms with E-state index >= 15 is 0 Å². The van der Waals surface area contributed by atoms with Gasteiger partial charge in [-0.2, -0.15) is 0 Å². The molecule has 1 unspecified atom stereocenters. The lowest BCUT2D eigenvalue weighted by Crippen LogP contribution is -2.39. The third-order valence-electron chi connectivity index (χ3n) is 6.58. The third kappa shape index (κ3) is 4.29. The smallest absolute Gasteiger partial charge is 0.253 e.